The molecule has 184 valence electrons. The zero-order valence-corrected chi connectivity index (χ0v) is 21.4. The molecule has 0 saturated carbocycles. The van der Waals surface area contributed by atoms with Gasteiger partial charge < -0.3 is 10.2 Å². The van der Waals surface area contributed by atoms with Gasteiger partial charge in [-0.2, -0.15) is 0 Å². The lowest BCUT2D eigenvalue weighted by Gasteiger charge is -2.28. The lowest BCUT2D eigenvalue weighted by atomic mass is 10.1. The summed E-state index contributed by atoms with van der Waals surface area (Å²) in [5, 5.41) is 12.3. The molecule has 1 unspecified atom stereocenters. The third kappa shape index (κ3) is 5.28. The number of nitrogens with one attached hydrogen (secondary N) is 1. The van der Waals surface area contributed by atoms with Gasteiger partial charge in [0.15, 0.2) is 11.0 Å². The second kappa shape index (κ2) is 11.0. The van der Waals surface area contributed by atoms with Crippen molar-refractivity contribution in [2.45, 2.75) is 43.5 Å². The maximum absolute atomic E-state index is 13.1. The van der Waals surface area contributed by atoms with Crippen LogP contribution in [0.5, 0.6) is 0 Å². The van der Waals surface area contributed by atoms with Gasteiger partial charge in [-0.25, -0.2) is 0 Å². The molecule has 3 heterocycles. The molecule has 7 nitrogen and oxygen atoms in total. The van der Waals surface area contributed by atoms with E-state index in [9.17, 15) is 4.79 Å². The Morgan fingerprint density at radius 2 is 1.75 bits per heavy atom. The van der Waals surface area contributed by atoms with Crippen molar-refractivity contribution >= 4 is 29.0 Å². The zero-order valence-electron chi connectivity index (χ0n) is 20.6. The summed E-state index contributed by atoms with van der Waals surface area (Å²) in [6, 6.07) is 20.1. The highest BCUT2D eigenvalue weighted by molar-refractivity contribution is 8.00. The molecular formula is C28H30N6OS. The highest BCUT2D eigenvalue weighted by atomic mass is 32.2. The first-order valence-electron chi connectivity index (χ1n) is 12.3. The smallest absolute Gasteiger partial charge is 0.237 e. The molecule has 0 bridgehead atoms. The molecule has 5 rings (SSSR count). The summed E-state index contributed by atoms with van der Waals surface area (Å²) in [6.45, 7) is 6.15. The van der Waals surface area contributed by atoms with Gasteiger partial charge in [-0.1, -0.05) is 30.0 Å². The molecule has 1 saturated heterocycles. The first kappa shape index (κ1) is 24.1. The van der Waals surface area contributed by atoms with E-state index in [2.05, 4.69) is 50.5 Å². The van der Waals surface area contributed by atoms with Crippen LogP contribution >= 0.6 is 11.8 Å². The summed E-state index contributed by atoms with van der Waals surface area (Å²) in [7, 11) is 0. The summed E-state index contributed by atoms with van der Waals surface area (Å²) < 4.78 is 2.01. The largest absolute Gasteiger partial charge is 0.372 e. The molecular weight excluding hydrogens is 468 g/mol. The van der Waals surface area contributed by atoms with Crippen LogP contribution in [-0.4, -0.2) is 44.0 Å². The minimum atomic E-state index is -0.375. The Balaban J connectivity index is 1.34. The van der Waals surface area contributed by atoms with Crippen LogP contribution in [0.25, 0.3) is 17.1 Å². The molecule has 4 aromatic rings. The van der Waals surface area contributed by atoms with Gasteiger partial charge in [0, 0.05) is 42.4 Å². The van der Waals surface area contributed by atoms with Crippen LogP contribution in [0.3, 0.4) is 0 Å². The van der Waals surface area contributed by atoms with Crippen LogP contribution in [-0.2, 0) is 4.79 Å². The molecule has 0 radical (unpaired) electrons. The number of para-hydroxylation sites is 1. The van der Waals surface area contributed by atoms with Crippen molar-refractivity contribution in [3.63, 3.8) is 0 Å². The van der Waals surface area contributed by atoms with Gasteiger partial charge in [-0.05, 0) is 81.1 Å². The molecule has 2 aromatic heterocycles. The molecule has 0 aliphatic carbocycles. The molecule has 1 N–H and O–H groups in total. The molecule has 0 spiro atoms. The first-order valence-corrected chi connectivity index (χ1v) is 13.2. The number of anilines is 2. The summed E-state index contributed by atoms with van der Waals surface area (Å²) >= 11 is 1.39. The van der Waals surface area contributed by atoms with Crippen LogP contribution in [0.15, 0.2) is 78.2 Å². The highest BCUT2D eigenvalue weighted by Crippen LogP contribution is 2.31. The number of pyridine rings is 1. The van der Waals surface area contributed by atoms with Gasteiger partial charge in [-0.15, -0.1) is 10.2 Å². The van der Waals surface area contributed by atoms with E-state index in [1.54, 1.807) is 12.4 Å². The Kier molecular flexibility index (Phi) is 7.32. The Hall–Kier alpha value is -3.65. The number of aromatic nitrogens is 4. The van der Waals surface area contributed by atoms with Crippen LogP contribution in [0.1, 0.15) is 31.7 Å². The Bertz CT molecular complexity index is 1320. The third-order valence-corrected chi connectivity index (χ3v) is 7.46. The molecule has 1 amide bonds. The van der Waals surface area contributed by atoms with Crippen molar-refractivity contribution in [3.8, 4) is 17.1 Å². The maximum Gasteiger partial charge on any atom is 0.237 e. The monoisotopic (exact) mass is 498 g/mol. The number of rotatable bonds is 7. The number of thioether (sulfide) groups is 1. The molecule has 2 aromatic carbocycles. The third-order valence-electron chi connectivity index (χ3n) is 6.42. The summed E-state index contributed by atoms with van der Waals surface area (Å²) in [4.78, 5) is 19.7. The van der Waals surface area contributed by atoms with Gasteiger partial charge in [0.2, 0.25) is 5.91 Å². The van der Waals surface area contributed by atoms with Crippen LogP contribution in [0.4, 0.5) is 11.4 Å². The molecule has 1 fully saturated rings. The lowest BCUT2D eigenvalue weighted by Crippen LogP contribution is -2.29. The fraction of sp³-hybridized carbons (Fsp3) is 0.286. The van der Waals surface area contributed by atoms with Crippen molar-refractivity contribution < 1.29 is 4.79 Å². The molecule has 8 heteroatoms. The van der Waals surface area contributed by atoms with E-state index >= 15 is 0 Å². The maximum atomic E-state index is 13.1. The van der Waals surface area contributed by atoms with Crippen molar-refractivity contribution in [2.24, 2.45) is 0 Å². The second-order valence-electron chi connectivity index (χ2n) is 9.01. The molecule has 36 heavy (non-hydrogen) atoms. The average molecular weight is 499 g/mol. The molecule has 1 aliphatic rings. The minimum Gasteiger partial charge on any atom is -0.372 e. The van der Waals surface area contributed by atoms with E-state index in [1.165, 1.54) is 36.7 Å². The van der Waals surface area contributed by atoms with Crippen molar-refractivity contribution in [1.29, 1.82) is 0 Å². The fourth-order valence-electron chi connectivity index (χ4n) is 4.42. The number of carbonyl (C=O) groups excluding carboxylic acids is 1. The number of nitrogens with zero attached hydrogens (tertiary/aromatic N) is 5. The summed E-state index contributed by atoms with van der Waals surface area (Å²) in [5.41, 5.74) is 4.94. The number of benzene rings is 2. The number of hydrogen-bond acceptors (Lipinski definition) is 6. The summed E-state index contributed by atoms with van der Waals surface area (Å²) in [5.74, 6) is 0.619. The SMILES string of the molecule is Cc1ccccc1-n1c(SC(C)C(=O)Nc2ccc(N3CCCCC3)cc2)nnc1-c1cccnc1. The van der Waals surface area contributed by atoms with Crippen molar-refractivity contribution in [1.82, 2.24) is 19.7 Å². The highest BCUT2D eigenvalue weighted by Gasteiger charge is 2.23. The normalized spacial score (nSPS) is 14.4. The van der Waals surface area contributed by atoms with Gasteiger partial charge in [0.05, 0.1) is 10.9 Å². The number of aryl methyl sites for hydroxylation is 1. The topological polar surface area (TPSA) is 75.9 Å². The summed E-state index contributed by atoms with van der Waals surface area (Å²) in [6.07, 6.45) is 7.29. The Labute approximate surface area is 216 Å². The van der Waals surface area contributed by atoms with E-state index in [4.69, 9.17) is 0 Å². The Morgan fingerprint density at radius 3 is 2.47 bits per heavy atom. The van der Waals surface area contributed by atoms with E-state index in [0.29, 0.717) is 11.0 Å². The van der Waals surface area contributed by atoms with Crippen LogP contribution in [0, 0.1) is 6.92 Å². The average Bonchev–Trinajstić information content (AvgIpc) is 3.33. The zero-order chi connectivity index (χ0) is 24.9. The van der Waals surface area contributed by atoms with Gasteiger partial charge in [0.25, 0.3) is 0 Å². The number of carbonyl (C=O) groups is 1. The van der Waals surface area contributed by atoms with Crippen LogP contribution in [0.2, 0.25) is 0 Å². The first-order chi connectivity index (χ1) is 17.6. The molecule has 1 aliphatic heterocycles. The van der Waals surface area contributed by atoms with E-state index < -0.39 is 0 Å². The van der Waals surface area contributed by atoms with E-state index in [-0.39, 0.29) is 11.2 Å². The van der Waals surface area contributed by atoms with Crippen molar-refractivity contribution in [3.05, 3.63) is 78.6 Å². The fourth-order valence-corrected chi connectivity index (χ4v) is 5.28. The van der Waals surface area contributed by atoms with E-state index in [0.717, 1.165) is 35.6 Å². The second-order valence-corrected chi connectivity index (χ2v) is 10.3. The number of hydrogen-bond donors (Lipinski definition) is 1. The van der Waals surface area contributed by atoms with E-state index in [1.807, 2.05) is 54.0 Å². The standard InChI is InChI=1S/C28H30N6OS/c1-20-9-4-5-11-25(20)34-26(22-10-8-16-29-19-22)31-32-28(34)36-21(2)27(35)30-23-12-14-24(15-13-23)33-17-6-3-7-18-33/h4-5,8-16,19,21H,3,6-7,17-18H2,1-2H3,(H,30,35). The number of piperidine rings is 1. The minimum absolute atomic E-state index is 0.0759. The van der Waals surface area contributed by atoms with Crippen LogP contribution < -0.4 is 10.2 Å². The predicted octanol–water partition coefficient (Wildman–Crippen LogP) is 5.75. The van der Waals surface area contributed by atoms with Gasteiger partial charge in [0.1, 0.15) is 0 Å². The Morgan fingerprint density at radius 1 is 0.972 bits per heavy atom. The van der Waals surface area contributed by atoms with Gasteiger partial charge in [-0.3, -0.25) is 14.3 Å². The predicted molar refractivity (Wildman–Crippen MR) is 146 cm³/mol. The quantitative estimate of drug-likeness (QED) is 0.327. The van der Waals surface area contributed by atoms with Crippen molar-refractivity contribution in [2.75, 3.05) is 23.3 Å². The lowest BCUT2D eigenvalue weighted by molar-refractivity contribution is -0.115. The molecule has 1 atom stereocenters. The number of amides is 1. The van der Waals surface area contributed by atoms with Gasteiger partial charge >= 0.3 is 0 Å².